The topological polar surface area (TPSA) is 237 Å². The van der Waals surface area contributed by atoms with E-state index in [1.807, 2.05) is 12.2 Å². The minimum Gasteiger partial charge on any atom is -0.462 e. The van der Waals surface area contributed by atoms with E-state index in [1.54, 1.807) is 0 Å². The van der Waals surface area contributed by atoms with Gasteiger partial charge >= 0.3 is 39.5 Å². The highest BCUT2D eigenvalue weighted by atomic mass is 31.2. The molecule has 19 heteroatoms. The normalized spacial score (nSPS) is 14.9. The first-order chi connectivity index (χ1) is 49.7. The number of allylic oxidation sites excluding steroid dienone is 28. The van der Waals surface area contributed by atoms with Crippen LogP contribution in [0.2, 0.25) is 0 Å². The van der Waals surface area contributed by atoms with E-state index in [1.165, 1.54) is 12.8 Å². The highest BCUT2D eigenvalue weighted by Crippen LogP contribution is 2.45. The van der Waals surface area contributed by atoms with Crippen LogP contribution in [0, 0.1) is 0 Å². The van der Waals surface area contributed by atoms with Crippen molar-refractivity contribution in [3.63, 3.8) is 0 Å². The second-order valence-corrected chi connectivity index (χ2v) is 27.7. The van der Waals surface area contributed by atoms with Crippen molar-refractivity contribution < 1.29 is 80.2 Å². The average molecular weight is 1470 g/mol. The molecule has 5 unspecified atom stereocenters. The number of carbonyl (C=O) groups is 4. The average Bonchev–Trinajstić information content (AvgIpc) is 0.927. The van der Waals surface area contributed by atoms with E-state index in [2.05, 4.69) is 186 Å². The van der Waals surface area contributed by atoms with Gasteiger partial charge in [0.25, 0.3) is 0 Å². The molecule has 0 saturated heterocycles. The van der Waals surface area contributed by atoms with Crippen LogP contribution in [0.1, 0.15) is 272 Å². The third-order valence-electron chi connectivity index (χ3n) is 15.2. The maximum atomic E-state index is 13.1. The number of rotatable bonds is 70. The van der Waals surface area contributed by atoms with Crippen LogP contribution in [-0.2, 0) is 65.4 Å². The molecular weight excluding hydrogens is 1330 g/mol. The summed E-state index contributed by atoms with van der Waals surface area (Å²) in [6.45, 7) is 4.32. The fourth-order valence-electron chi connectivity index (χ4n) is 9.39. The van der Waals surface area contributed by atoms with E-state index >= 15 is 0 Å². The molecule has 0 spiro atoms. The predicted molar refractivity (Wildman–Crippen MR) is 417 cm³/mol. The monoisotopic (exact) mass is 1460 g/mol. The number of carbonyl (C=O) groups excluding carboxylic acids is 4. The molecule has 0 radical (unpaired) electrons. The molecule has 102 heavy (non-hydrogen) atoms. The zero-order valence-electron chi connectivity index (χ0n) is 63.0. The molecule has 0 fully saturated rings. The highest BCUT2D eigenvalue weighted by Gasteiger charge is 2.30. The summed E-state index contributed by atoms with van der Waals surface area (Å²) < 4.78 is 68.4. The van der Waals surface area contributed by atoms with Crippen molar-refractivity contribution in [1.29, 1.82) is 0 Å². The lowest BCUT2D eigenvalue weighted by Gasteiger charge is -2.21. The molecule has 0 aromatic carbocycles. The lowest BCUT2D eigenvalue weighted by atomic mass is 10.1. The van der Waals surface area contributed by atoms with Gasteiger partial charge in [0.15, 0.2) is 12.2 Å². The highest BCUT2D eigenvalue weighted by molar-refractivity contribution is 7.47. The van der Waals surface area contributed by atoms with E-state index in [-0.39, 0.29) is 25.7 Å². The quantitative estimate of drug-likeness (QED) is 0.0169. The zero-order chi connectivity index (χ0) is 74.6. The SMILES string of the molecule is CC/C=C\C/C=C\C/C=C\C/C=C\C/C=C\CCCC(=O)OC(COC(=O)CCCCCCCC/C=C\C/C=C\C/C=C\C/C=C\CC)COP(=O)(O)OCC(O)COP(=O)(O)OCC(COC(=O)CCCC/C=C\C/C=C\C/C=C\C/C=C\CC)OC(=O)CCCCCCC/C=C\CCCC. The fourth-order valence-corrected chi connectivity index (χ4v) is 11.0. The van der Waals surface area contributed by atoms with Gasteiger partial charge in [-0.3, -0.25) is 37.3 Å². The summed E-state index contributed by atoms with van der Waals surface area (Å²) in [6, 6.07) is 0. The van der Waals surface area contributed by atoms with Crippen LogP contribution in [0.3, 0.4) is 0 Å². The van der Waals surface area contributed by atoms with Crippen molar-refractivity contribution in [3.8, 4) is 0 Å². The van der Waals surface area contributed by atoms with Gasteiger partial charge in [-0.25, -0.2) is 9.13 Å². The van der Waals surface area contributed by atoms with Crippen LogP contribution < -0.4 is 0 Å². The molecule has 0 aliphatic heterocycles. The van der Waals surface area contributed by atoms with Gasteiger partial charge in [-0.2, -0.15) is 0 Å². The van der Waals surface area contributed by atoms with Crippen LogP contribution in [0.15, 0.2) is 170 Å². The second kappa shape index (κ2) is 73.7. The summed E-state index contributed by atoms with van der Waals surface area (Å²) >= 11 is 0. The Kier molecular flexibility index (Phi) is 69.7. The number of aliphatic hydroxyl groups is 1. The summed E-state index contributed by atoms with van der Waals surface area (Å²) in [5, 5.41) is 10.6. The molecule has 0 heterocycles. The smallest absolute Gasteiger partial charge is 0.462 e. The Hall–Kier alpha value is -5.58. The lowest BCUT2D eigenvalue weighted by Crippen LogP contribution is -2.30. The Balaban J connectivity index is 5.45. The number of hydrogen-bond donors (Lipinski definition) is 3. The van der Waals surface area contributed by atoms with Crippen molar-refractivity contribution in [2.45, 2.75) is 290 Å². The van der Waals surface area contributed by atoms with Gasteiger partial charge in [0.05, 0.1) is 26.4 Å². The molecule has 0 rings (SSSR count). The Morgan fingerprint density at radius 2 is 0.520 bits per heavy atom. The number of hydrogen-bond acceptors (Lipinski definition) is 15. The first kappa shape index (κ1) is 96.4. The Morgan fingerprint density at radius 3 is 0.853 bits per heavy atom. The summed E-state index contributed by atoms with van der Waals surface area (Å²) in [7, 11) is -10.0. The first-order valence-electron chi connectivity index (χ1n) is 38.4. The standard InChI is InChI=1S/C83H134O17P2/c1-5-9-13-17-21-25-29-32-35-37-38-40-42-45-49-52-56-60-64-68-81(86)94-74-79(100-83(88)70-66-62-58-54-50-46-43-39-36-33-30-26-22-18-14-10-6-2)76-98-102(91,92)96-72-77(84)71-95-101(89,90)97-75-78(99-82(87)69-65-61-57-53-47-28-24-20-16-12-8-4)73-93-80(85)67-63-59-55-51-48-44-41-34-31-27-23-19-15-11-7-3/h9-11,13-15,20-27,32-36,38,40-41,43,46,48,51,54,58,77-79,84H,5-8,12,16-19,28-31,37,39,42,44-45,47,49-50,52-53,55-57,59-76H2,1-4H3,(H,89,90)(H,91,92)/b13-9-,14-10-,15-11-,24-20-,25-21-,26-22-,27-23-,35-32-,36-33-,40-38-,41-34-,46-43-,51-48-,58-54-. The number of phosphoric ester groups is 2. The van der Waals surface area contributed by atoms with Gasteiger partial charge < -0.3 is 33.8 Å². The molecule has 17 nitrogen and oxygen atoms in total. The minimum absolute atomic E-state index is 0.00597. The molecule has 0 bridgehead atoms. The minimum atomic E-state index is -5.01. The molecule has 0 amide bonds. The molecule has 3 N–H and O–H groups in total. The maximum absolute atomic E-state index is 13.1. The van der Waals surface area contributed by atoms with Gasteiger partial charge in [0, 0.05) is 25.7 Å². The van der Waals surface area contributed by atoms with Crippen molar-refractivity contribution in [2.75, 3.05) is 39.6 Å². The van der Waals surface area contributed by atoms with Gasteiger partial charge in [-0.05, 0) is 161 Å². The van der Waals surface area contributed by atoms with E-state index in [0.717, 1.165) is 173 Å². The molecular formula is C83H134O17P2. The lowest BCUT2D eigenvalue weighted by molar-refractivity contribution is -0.161. The molecule has 5 atom stereocenters. The van der Waals surface area contributed by atoms with Crippen molar-refractivity contribution >= 4 is 39.5 Å². The molecule has 0 aromatic heterocycles. The first-order valence-corrected chi connectivity index (χ1v) is 41.4. The van der Waals surface area contributed by atoms with Crippen LogP contribution >= 0.6 is 15.6 Å². The number of esters is 4. The third kappa shape index (κ3) is 72.8. The van der Waals surface area contributed by atoms with Gasteiger partial charge in [-0.1, -0.05) is 256 Å². The van der Waals surface area contributed by atoms with Crippen LogP contribution in [0.5, 0.6) is 0 Å². The summed E-state index contributed by atoms with van der Waals surface area (Å²) in [4.78, 5) is 72.8. The van der Waals surface area contributed by atoms with Crippen LogP contribution in [-0.4, -0.2) is 96.7 Å². The molecule has 578 valence electrons. The Morgan fingerprint density at radius 1 is 0.284 bits per heavy atom. The third-order valence-corrected chi connectivity index (χ3v) is 17.1. The van der Waals surface area contributed by atoms with Crippen molar-refractivity contribution in [1.82, 2.24) is 0 Å². The Bertz CT molecular complexity index is 2600. The molecule has 0 aromatic rings. The summed E-state index contributed by atoms with van der Waals surface area (Å²) in [5.74, 6) is -2.33. The van der Waals surface area contributed by atoms with Crippen molar-refractivity contribution in [2.24, 2.45) is 0 Å². The molecule has 0 aliphatic rings. The summed E-state index contributed by atoms with van der Waals surface area (Å²) in [6.07, 6.45) is 86.5. The Labute approximate surface area is 616 Å². The number of unbranched alkanes of at least 4 members (excludes halogenated alkanes) is 16. The summed E-state index contributed by atoms with van der Waals surface area (Å²) in [5.41, 5.74) is 0. The number of aliphatic hydroxyl groups excluding tert-OH is 1. The van der Waals surface area contributed by atoms with Gasteiger partial charge in [-0.15, -0.1) is 0 Å². The second-order valence-electron chi connectivity index (χ2n) is 24.8. The van der Waals surface area contributed by atoms with E-state index < -0.39 is 97.5 Å². The van der Waals surface area contributed by atoms with Crippen molar-refractivity contribution in [3.05, 3.63) is 170 Å². The number of ether oxygens (including phenoxy) is 4. The fraction of sp³-hybridized carbons (Fsp3) is 0.614. The largest absolute Gasteiger partial charge is 0.472 e. The van der Waals surface area contributed by atoms with Gasteiger partial charge in [0.1, 0.15) is 19.3 Å². The number of phosphoric acid groups is 2. The van der Waals surface area contributed by atoms with Crippen LogP contribution in [0.25, 0.3) is 0 Å². The van der Waals surface area contributed by atoms with Gasteiger partial charge in [0.2, 0.25) is 0 Å². The van der Waals surface area contributed by atoms with E-state index in [0.29, 0.717) is 32.1 Å². The van der Waals surface area contributed by atoms with E-state index in [4.69, 9.17) is 37.0 Å². The maximum Gasteiger partial charge on any atom is 0.472 e. The molecule has 0 aliphatic carbocycles. The predicted octanol–water partition coefficient (Wildman–Crippen LogP) is 22.2. The van der Waals surface area contributed by atoms with E-state index in [9.17, 15) is 43.2 Å². The van der Waals surface area contributed by atoms with Crippen LogP contribution in [0.4, 0.5) is 0 Å². The zero-order valence-corrected chi connectivity index (χ0v) is 64.8. The molecule has 0 saturated carbocycles.